The summed E-state index contributed by atoms with van der Waals surface area (Å²) in [7, 11) is 0. The molecule has 1 aromatic heterocycles. The minimum Gasteiger partial charge on any atom is -0.444 e. The number of nitrogens with one attached hydrogen (secondary N) is 1. The second-order valence-electron chi connectivity index (χ2n) is 3.30. The van der Waals surface area contributed by atoms with Crippen LogP contribution in [0.15, 0.2) is 21.2 Å². The highest BCUT2D eigenvalue weighted by atomic mass is 79.9. The van der Waals surface area contributed by atoms with Crippen molar-refractivity contribution in [1.29, 1.82) is 0 Å². The number of furan rings is 1. The van der Waals surface area contributed by atoms with Gasteiger partial charge in [0.15, 0.2) is 10.4 Å². The summed E-state index contributed by atoms with van der Waals surface area (Å²) in [6, 6.07) is 3.33. The van der Waals surface area contributed by atoms with Gasteiger partial charge in [0.25, 0.3) is 5.91 Å². The van der Waals surface area contributed by atoms with Gasteiger partial charge < -0.3 is 15.5 Å². The predicted molar refractivity (Wildman–Crippen MR) is 61.6 cm³/mol. The third kappa shape index (κ3) is 3.68. The second kappa shape index (κ2) is 5.92. The van der Waals surface area contributed by atoms with Crippen molar-refractivity contribution in [2.45, 2.75) is 25.8 Å². The summed E-state index contributed by atoms with van der Waals surface area (Å²) < 4.78 is 5.68. The van der Waals surface area contributed by atoms with E-state index in [9.17, 15) is 4.79 Å². The average molecular weight is 275 g/mol. The van der Waals surface area contributed by atoms with Crippen LogP contribution in [0.2, 0.25) is 0 Å². The maximum atomic E-state index is 11.6. The Morgan fingerprint density at radius 1 is 1.67 bits per heavy atom. The van der Waals surface area contributed by atoms with E-state index in [1.165, 1.54) is 0 Å². The van der Waals surface area contributed by atoms with Gasteiger partial charge in [0, 0.05) is 12.6 Å². The SMILES string of the molecule is CCCC(CN)NC(=O)c1ccc(Br)o1. The lowest BCUT2D eigenvalue weighted by molar-refractivity contribution is 0.0907. The van der Waals surface area contributed by atoms with Crippen LogP contribution in [-0.2, 0) is 0 Å². The molecule has 3 N–H and O–H groups in total. The van der Waals surface area contributed by atoms with Crippen LogP contribution in [0.25, 0.3) is 0 Å². The van der Waals surface area contributed by atoms with E-state index in [1.807, 2.05) is 0 Å². The van der Waals surface area contributed by atoms with E-state index in [4.69, 9.17) is 10.2 Å². The molecule has 0 spiro atoms. The summed E-state index contributed by atoms with van der Waals surface area (Å²) in [6.07, 6.45) is 1.87. The molecule has 0 radical (unpaired) electrons. The van der Waals surface area contributed by atoms with E-state index in [0.717, 1.165) is 12.8 Å². The van der Waals surface area contributed by atoms with Crippen molar-refractivity contribution < 1.29 is 9.21 Å². The number of carbonyl (C=O) groups is 1. The minimum atomic E-state index is -0.218. The molecule has 1 atom stereocenters. The Labute approximate surface area is 97.3 Å². The van der Waals surface area contributed by atoms with Gasteiger partial charge in [-0.2, -0.15) is 0 Å². The number of carbonyl (C=O) groups excluding carboxylic acids is 1. The normalized spacial score (nSPS) is 12.5. The number of amides is 1. The Morgan fingerprint density at radius 2 is 2.40 bits per heavy atom. The number of rotatable bonds is 5. The summed E-state index contributed by atoms with van der Waals surface area (Å²) in [5.74, 6) is 0.0843. The molecule has 0 aliphatic heterocycles. The summed E-state index contributed by atoms with van der Waals surface area (Å²) in [4.78, 5) is 11.6. The molecule has 15 heavy (non-hydrogen) atoms. The van der Waals surface area contributed by atoms with Crippen molar-refractivity contribution in [2.24, 2.45) is 5.73 Å². The van der Waals surface area contributed by atoms with Crippen molar-refractivity contribution in [1.82, 2.24) is 5.32 Å². The van der Waals surface area contributed by atoms with E-state index in [-0.39, 0.29) is 11.9 Å². The van der Waals surface area contributed by atoms with Gasteiger partial charge in [-0.25, -0.2) is 0 Å². The zero-order valence-electron chi connectivity index (χ0n) is 8.63. The van der Waals surface area contributed by atoms with Crippen LogP contribution in [-0.4, -0.2) is 18.5 Å². The van der Waals surface area contributed by atoms with Crippen molar-refractivity contribution in [3.8, 4) is 0 Å². The Kier molecular flexibility index (Phi) is 4.84. The molecule has 0 fully saturated rings. The zero-order chi connectivity index (χ0) is 11.3. The van der Waals surface area contributed by atoms with Gasteiger partial charge in [0.2, 0.25) is 0 Å². The van der Waals surface area contributed by atoms with Gasteiger partial charge in [0.05, 0.1) is 0 Å². The smallest absolute Gasteiger partial charge is 0.287 e. The lowest BCUT2D eigenvalue weighted by atomic mass is 10.1. The van der Waals surface area contributed by atoms with E-state index < -0.39 is 0 Å². The van der Waals surface area contributed by atoms with Crippen LogP contribution >= 0.6 is 15.9 Å². The fourth-order valence-electron chi connectivity index (χ4n) is 1.29. The molecule has 84 valence electrons. The average Bonchev–Trinajstić information content (AvgIpc) is 2.64. The summed E-state index contributed by atoms with van der Waals surface area (Å²) in [5, 5.41) is 2.82. The van der Waals surface area contributed by atoms with Crippen molar-refractivity contribution in [3.05, 3.63) is 22.6 Å². The lowest BCUT2D eigenvalue weighted by Gasteiger charge is -2.14. The van der Waals surface area contributed by atoms with Crippen LogP contribution in [0.4, 0.5) is 0 Å². The fraction of sp³-hybridized carbons (Fsp3) is 0.500. The van der Waals surface area contributed by atoms with Gasteiger partial charge in [0.1, 0.15) is 0 Å². The quantitative estimate of drug-likeness (QED) is 0.862. The Balaban J connectivity index is 2.54. The standard InChI is InChI=1S/C10H15BrN2O2/c1-2-3-7(6-12)13-10(14)8-4-5-9(11)15-8/h4-5,7H,2-3,6,12H2,1H3,(H,13,14). The highest BCUT2D eigenvalue weighted by Gasteiger charge is 2.14. The molecule has 0 saturated carbocycles. The fourth-order valence-corrected chi connectivity index (χ4v) is 1.60. The molecular weight excluding hydrogens is 260 g/mol. The first kappa shape index (κ1) is 12.3. The van der Waals surface area contributed by atoms with Crippen LogP contribution in [0.3, 0.4) is 0 Å². The molecule has 0 aromatic carbocycles. The van der Waals surface area contributed by atoms with Crippen LogP contribution in [0, 0.1) is 0 Å². The van der Waals surface area contributed by atoms with Gasteiger partial charge in [-0.3, -0.25) is 4.79 Å². The summed E-state index contributed by atoms with van der Waals surface area (Å²) in [6.45, 7) is 2.50. The Hall–Kier alpha value is -0.810. The minimum absolute atomic E-state index is 0.0198. The zero-order valence-corrected chi connectivity index (χ0v) is 10.2. The Morgan fingerprint density at radius 3 is 2.87 bits per heavy atom. The van der Waals surface area contributed by atoms with Gasteiger partial charge in [-0.15, -0.1) is 0 Å². The molecule has 1 rings (SSSR count). The van der Waals surface area contributed by atoms with Crippen LogP contribution < -0.4 is 11.1 Å². The molecule has 1 aromatic rings. The molecule has 0 bridgehead atoms. The van der Waals surface area contributed by atoms with Gasteiger partial charge in [-0.05, 0) is 34.5 Å². The van der Waals surface area contributed by atoms with Crippen molar-refractivity contribution in [3.63, 3.8) is 0 Å². The van der Waals surface area contributed by atoms with Crippen molar-refractivity contribution in [2.75, 3.05) is 6.54 Å². The topological polar surface area (TPSA) is 68.3 Å². The maximum Gasteiger partial charge on any atom is 0.287 e. The summed E-state index contributed by atoms with van der Waals surface area (Å²) >= 11 is 3.14. The first-order valence-corrected chi connectivity index (χ1v) is 5.73. The van der Waals surface area contributed by atoms with E-state index in [0.29, 0.717) is 17.0 Å². The highest BCUT2D eigenvalue weighted by molar-refractivity contribution is 9.10. The molecular formula is C10H15BrN2O2. The molecule has 4 nitrogen and oxygen atoms in total. The van der Waals surface area contributed by atoms with Crippen molar-refractivity contribution >= 4 is 21.8 Å². The molecule has 1 amide bonds. The molecule has 0 aliphatic carbocycles. The molecule has 5 heteroatoms. The summed E-state index contributed by atoms with van der Waals surface area (Å²) in [5.41, 5.74) is 5.54. The lowest BCUT2D eigenvalue weighted by Crippen LogP contribution is -2.39. The van der Waals surface area contributed by atoms with E-state index in [2.05, 4.69) is 28.2 Å². The highest BCUT2D eigenvalue weighted by Crippen LogP contribution is 2.14. The third-order valence-corrected chi connectivity index (χ3v) is 2.48. The second-order valence-corrected chi connectivity index (χ2v) is 4.08. The monoisotopic (exact) mass is 274 g/mol. The number of halogens is 1. The van der Waals surface area contributed by atoms with E-state index in [1.54, 1.807) is 12.1 Å². The van der Waals surface area contributed by atoms with Crippen LogP contribution in [0.5, 0.6) is 0 Å². The van der Waals surface area contributed by atoms with Gasteiger partial charge in [-0.1, -0.05) is 13.3 Å². The number of nitrogens with two attached hydrogens (primary N) is 1. The first-order chi connectivity index (χ1) is 7.17. The van der Waals surface area contributed by atoms with Crippen LogP contribution in [0.1, 0.15) is 30.3 Å². The largest absolute Gasteiger partial charge is 0.444 e. The molecule has 0 saturated heterocycles. The Bertz CT molecular complexity index is 325. The number of hydrogen-bond donors (Lipinski definition) is 2. The molecule has 1 unspecified atom stereocenters. The molecule has 1 heterocycles. The first-order valence-electron chi connectivity index (χ1n) is 4.93. The number of hydrogen-bond acceptors (Lipinski definition) is 3. The van der Waals surface area contributed by atoms with Gasteiger partial charge >= 0.3 is 0 Å². The molecule has 0 aliphatic rings. The third-order valence-electron chi connectivity index (χ3n) is 2.05. The van der Waals surface area contributed by atoms with E-state index >= 15 is 0 Å². The maximum absolute atomic E-state index is 11.6. The predicted octanol–water partition coefficient (Wildman–Crippen LogP) is 1.90.